The average molecular weight is 398 g/mol. The number of hydrogen-bond donors (Lipinski definition) is 1. The summed E-state index contributed by atoms with van der Waals surface area (Å²) in [4.78, 5) is 27.4. The van der Waals surface area contributed by atoms with Gasteiger partial charge in [-0.3, -0.25) is 9.59 Å². The predicted molar refractivity (Wildman–Crippen MR) is 105 cm³/mol. The first-order chi connectivity index (χ1) is 13.4. The van der Waals surface area contributed by atoms with Gasteiger partial charge in [-0.2, -0.15) is 5.10 Å². The smallest absolute Gasteiger partial charge is 0.325 e. The first-order valence-electron chi connectivity index (χ1n) is 8.39. The highest BCUT2D eigenvalue weighted by Crippen LogP contribution is 2.26. The van der Waals surface area contributed by atoms with Crippen LogP contribution in [0.2, 0.25) is 0 Å². The molecule has 7 nitrogen and oxygen atoms in total. The van der Waals surface area contributed by atoms with Gasteiger partial charge in [0.05, 0.1) is 16.7 Å². The van der Waals surface area contributed by atoms with Crippen LogP contribution >= 0.6 is 11.8 Å². The molecule has 0 saturated heterocycles. The average Bonchev–Trinajstić information content (AvgIpc) is 2.99. The first-order valence-corrected chi connectivity index (χ1v) is 9.37. The number of halogens is 1. The topological polar surface area (TPSA) is 87.8 Å². The number of carbonyl (C=O) groups is 2. The van der Waals surface area contributed by atoms with Crippen LogP contribution in [0.4, 0.5) is 9.18 Å². The Balaban J connectivity index is 1.74. The van der Waals surface area contributed by atoms with Crippen molar-refractivity contribution in [2.75, 3.05) is 12.3 Å². The fourth-order valence-corrected chi connectivity index (χ4v) is 3.79. The molecule has 2 aromatic carbocycles. The Labute approximate surface area is 163 Å². The molecule has 0 radical (unpaired) electrons. The molecule has 0 aliphatic carbocycles. The van der Waals surface area contributed by atoms with E-state index in [1.54, 1.807) is 12.1 Å². The summed E-state index contributed by atoms with van der Waals surface area (Å²) in [6.07, 6.45) is 0. The lowest BCUT2D eigenvalue weighted by molar-refractivity contribution is -0.137. The van der Waals surface area contributed by atoms with E-state index in [0.29, 0.717) is 28.4 Å². The van der Waals surface area contributed by atoms with Crippen LogP contribution in [0, 0.1) is 5.82 Å². The number of hydrogen-bond acceptors (Lipinski definition) is 5. The van der Waals surface area contributed by atoms with Gasteiger partial charge in [-0.25, -0.2) is 14.4 Å². The number of thioether (sulfide) groups is 1. The van der Waals surface area contributed by atoms with Crippen molar-refractivity contribution in [3.05, 3.63) is 53.8 Å². The molecule has 0 fully saturated rings. The van der Waals surface area contributed by atoms with E-state index in [4.69, 9.17) is 5.11 Å². The van der Waals surface area contributed by atoms with Crippen molar-refractivity contribution in [1.82, 2.24) is 14.6 Å². The van der Waals surface area contributed by atoms with Crippen molar-refractivity contribution >= 4 is 39.7 Å². The van der Waals surface area contributed by atoms with Crippen LogP contribution in [-0.4, -0.2) is 48.9 Å². The summed E-state index contributed by atoms with van der Waals surface area (Å²) in [7, 11) is 1.86. The number of aromatic nitrogens is 2. The van der Waals surface area contributed by atoms with Gasteiger partial charge in [0.1, 0.15) is 18.2 Å². The zero-order chi connectivity index (χ0) is 19.8. The molecule has 28 heavy (non-hydrogen) atoms. The first kappa shape index (κ1) is 18.2. The van der Waals surface area contributed by atoms with Gasteiger partial charge >= 0.3 is 11.2 Å². The lowest BCUT2D eigenvalue weighted by atomic mass is 10.1. The minimum Gasteiger partial charge on any atom is -0.480 e. The summed E-state index contributed by atoms with van der Waals surface area (Å²) in [6.45, 7) is -0.481. The lowest BCUT2D eigenvalue weighted by Crippen LogP contribution is -2.33. The summed E-state index contributed by atoms with van der Waals surface area (Å²) in [5.74, 6) is -0.473. The predicted octanol–water partition coefficient (Wildman–Crippen LogP) is 3.34. The Morgan fingerprint density at radius 2 is 2.07 bits per heavy atom. The van der Waals surface area contributed by atoms with Crippen molar-refractivity contribution in [3.63, 3.8) is 0 Å². The van der Waals surface area contributed by atoms with E-state index in [1.807, 2.05) is 29.8 Å². The van der Waals surface area contributed by atoms with E-state index in [9.17, 15) is 14.0 Å². The monoisotopic (exact) mass is 398 g/mol. The third kappa shape index (κ3) is 3.36. The number of nitrogens with zero attached hydrogens (tertiary/aromatic N) is 4. The maximum Gasteiger partial charge on any atom is 0.325 e. The molecule has 4 rings (SSSR count). The molecule has 9 heteroatoms. The molecule has 0 unspecified atom stereocenters. The van der Waals surface area contributed by atoms with Crippen LogP contribution in [-0.2, 0) is 11.8 Å². The SMILES string of the molecule is Cn1c(-c2cccc(F)c2)nc2cc(C3=NN(CC(=O)O)C(=O)SC3)ccc21. The summed E-state index contributed by atoms with van der Waals surface area (Å²) in [6, 6.07) is 11.8. The lowest BCUT2D eigenvalue weighted by Gasteiger charge is -2.21. The second-order valence-corrected chi connectivity index (χ2v) is 7.19. The number of benzene rings is 2. The molecular weight excluding hydrogens is 383 g/mol. The molecule has 0 spiro atoms. The number of carboxylic acid groups (broad SMARTS) is 1. The summed E-state index contributed by atoms with van der Waals surface area (Å²) >= 11 is 1.01. The van der Waals surface area contributed by atoms with Crippen molar-refractivity contribution in [2.45, 2.75) is 0 Å². The van der Waals surface area contributed by atoms with Crippen LogP contribution in [0.1, 0.15) is 5.56 Å². The third-order valence-electron chi connectivity index (χ3n) is 4.37. The van der Waals surface area contributed by atoms with Crippen molar-refractivity contribution < 1.29 is 19.1 Å². The number of fused-ring (bicyclic) bond motifs is 1. The van der Waals surface area contributed by atoms with Crippen molar-refractivity contribution in [1.29, 1.82) is 0 Å². The molecule has 3 aromatic rings. The van der Waals surface area contributed by atoms with E-state index in [0.717, 1.165) is 27.9 Å². The molecule has 1 aliphatic heterocycles. The Morgan fingerprint density at radius 3 is 2.82 bits per heavy atom. The van der Waals surface area contributed by atoms with Crippen molar-refractivity contribution in [2.24, 2.45) is 12.1 Å². The van der Waals surface area contributed by atoms with Gasteiger partial charge in [-0.1, -0.05) is 30.0 Å². The number of aryl methyl sites for hydroxylation is 1. The van der Waals surface area contributed by atoms with Gasteiger partial charge in [0, 0.05) is 23.9 Å². The Hall–Kier alpha value is -3.20. The number of imidazole rings is 1. The fraction of sp³-hybridized carbons (Fsp3) is 0.158. The third-order valence-corrected chi connectivity index (χ3v) is 5.24. The highest BCUT2D eigenvalue weighted by molar-refractivity contribution is 8.14. The molecular formula is C19H15FN4O3S. The Bertz CT molecular complexity index is 1140. The van der Waals surface area contributed by atoms with Gasteiger partial charge in [0.15, 0.2) is 0 Å². The van der Waals surface area contributed by atoms with Gasteiger partial charge < -0.3 is 9.67 Å². The molecule has 1 aromatic heterocycles. The van der Waals surface area contributed by atoms with E-state index >= 15 is 0 Å². The molecule has 1 N–H and O–H groups in total. The fourth-order valence-electron chi connectivity index (χ4n) is 3.05. The number of carboxylic acids is 1. The Kier molecular flexibility index (Phi) is 4.60. The van der Waals surface area contributed by atoms with Crippen LogP contribution in [0.5, 0.6) is 0 Å². The zero-order valence-electron chi connectivity index (χ0n) is 14.8. The molecule has 142 valence electrons. The maximum absolute atomic E-state index is 13.6. The molecule has 0 saturated carbocycles. The normalized spacial score (nSPS) is 14.4. The molecule has 0 atom stereocenters. The highest BCUT2D eigenvalue weighted by Gasteiger charge is 2.24. The second kappa shape index (κ2) is 7.08. The van der Waals surface area contributed by atoms with Crippen LogP contribution < -0.4 is 0 Å². The second-order valence-electron chi connectivity index (χ2n) is 6.26. The molecule has 1 aliphatic rings. The number of carbonyl (C=O) groups excluding carboxylic acids is 1. The zero-order valence-corrected chi connectivity index (χ0v) is 15.6. The van der Waals surface area contributed by atoms with Gasteiger partial charge in [0.25, 0.3) is 0 Å². The van der Waals surface area contributed by atoms with Crippen LogP contribution in [0.25, 0.3) is 22.4 Å². The van der Waals surface area contributed by atoms with E-state index < -0.39 is 17.8 Å². The van der Waals surface area contributed by atoms with E-state index in [-0.39, 0.29) is 5.82 Å². The highest BCUT2D eigenvalue weighted by atomic mass is 32.2. The van der Waals surface area contributed by atoms with E-state index in [1.165, 1.54) is 12.1 Å². The van der Waals surface area contributed by atoms with Gasteiger partial charge in [0.2, 0.25) is 0 Å². The standard InChI is InChI=1S/C19H15FN4O3S/c1-23-16-6-5-11(15-10-28-19(27)24(22-15)9-17(25)26)8-14(16)21-18(23)12-3-2-4-13(20)7-12/h2-8H,9-10H2,1H3,(H,25,26). The summed E-state index contributed by atoms with van der Waals surface area (Å²) in [5, 5.41) is 13.7. The van der Waals surface area contributed by atoms with Gasteiger partial charge in [-0.15, -0.1) is 0 Å². The van der Waals surface area contributed by atoms with Crippen LogP contribution in [0.3, 0.4) is 0 Å². The van der Waals surface area contributed by atoms with Crippen molar-refractivity contribution in [3.8, 4) is 11.4 Å². The minimum absolute atomic E-state index is 0.331. The molecule has 1 amide bonds. The number of aliphatic carboxylic acids is 1. The molecule has 0 bridgehead atoms. The number of hydrazone groups is 1. The van der Waals surface area contributed by atoms with Gasteiger partial charge in [-0.05, 0) is 24.3 Å². The summed E-state index contributed by atoms with van der Waals surface area (Å²) < 4.78 is 15.5. The van der Waals surface area contributed by atoms with E-state index in [2.05, 4.69) is 10.1 Å². The van der Waals surface area contributed by atoms with Crippen LogP contribution in [0.15, 0.2) is 47.6 Å². The number of amides is 1. The largest absolute Gasteiger partial charge is 0.480 e. The summed E-state index contributed by atoms with van der Waals surface area (Å²) in [5.41, 5.74) is 3.60. The maximum atomic E-state index is 13.6. The molecule has 2 heterocycles. The Morgan fingerprint density at radius 1 is 1.25 bits per heavy atom. The quantitative estimate of drug-likeness (QED) is 0.728. The number of rotatable bonds is 4. The minimum atomic E-state index is -1.13.